The second-order valence-electron chi connectivity index (χ2n) is 6.83. The van der Waals surface area contributed by atoms with Crippen LogP contribution < -0.4 is 5.32 Å². The Morgan fingerprint density at radius 3 is 2.74 bits per heavy atom. The Hall–Kier alpha value is -1.33. The van der Waals surface area contributed by atoms with Gasteiger partial charge in [0.25, 0.3) is 5.91 Å². The molecule has 0 bridgehead atoms. The molecule has 5 nitrogen and oxygen atoms in total. The first-order valence-corrected chi connectivity index (χ1v) is 8.94. The maximum atomic E-state index is 12.5. The summed E-state index contributed by atoms with van der Waals surface area (Å²) >= 11 is 0. The smallest absolute Gasteiger partial charge is 0.253 e. The van der Waals surface area contributed by atoms with Crippen molar-refractivity contribution in [2.75, 3.05) is 32.8 Å². The summed E-state index contributed by atoms with van der Waals surface area (Å²) in [6.07, 6.45) is 4.99. The average molecular weight is 319 g/mol. The number of nitrogens with one attached hydrogen (secondary N) is 1. The van der Waals surface area contributed by atoms with E-state index in [0.29, 0.717) is 6.54 Å². The molecule has 0 saturated carbocycles. The number of ether oxygens (including phenoxy) is 1. The molecule has 2 fully saturated rings. The highest BCUT2D eigenvalue weighted by molar-refractivity contribution is 5.95. The average Bonchev–Trinajstić information content (AvgIpc) is 3.26. The van der Waals surface area contributed by atoms with E-state index in [9.17, 15) is 4.79 Å². The molecule has 1 amide bonds. The second-order valence-corrected chi connectivity index (χ2v) is 6.83. The monoisotopic (exact) mass is 319 g/mol. The van der Waals surface area contributed by atoms with Crippen molar-refractivity contribution in [3.63, 3.8) is 0 Å². The van der Waals surface area contributed by atoms with E-state index in [1.165, 1.54) is 31.6 Å². The molecule has 2 saturated heterocycles. The summed E-state index contributed by atoms with van der Waals surface area (Å²) in [5.41, 5.74) is 3.05. The summed E-state index contributed by atoms with van der Waals surface area (Å²) in [6, 6.07) is 2.02. The molecule has 5 heteroatoms. The zero-order valence-corrected chi connectivity index (χ0v) is 14.4. The van der Waals surface area contributed by atoms with E-state index < -0.39 is 0 Å². The Bertz CT molecular complexity index is 541. The molecule has 128 valence electrons. The van der Waals surface area contributed by atoms with Crippen LogP contribution in [0.15, 0.2) is 6.07 Å². The Labute approximate surface area is 139 Å². The van der Waals surface area contributed by atoms with E-state index in [4.69, 9.17) is 4.74 Å². The van der Waals surface area contributed by atoms with Crippen LogP contribution in [0.25, 0.3) is 0 Å². The van der Waals surface area contributed by atoms with Crippen molar-refractivity contribution in [1.82, 2.24) is 14.8 Å². The lowest BCUT2D eigenvalue weighted by Crippen LogP contribution is -2.32. The van der Waals surface area contributed by atoms with E-state index in [0.717, 1.165) is 43.8 Å². The molecule has 0 aliphatic carbocycles. The zero-order valence-electron chi connectivity index (χ0n) is 14.4. The number of amides is 1. The minimum atomic E-state index is 0.0287. The summed E-state index contributed by atoms with van der Waals surface area (Å²) < 4.78 is 7.85. The molecule has 1 aromatic rings. The van der Waals surface area contributed by atoms with Crippen LogP contribution in [0.2, 0.25) is 0 Å². The lowest BCUT2D eigenvalue weighted by atomic mass is 10.2. The standard InChI is InChI=1S/C18H29N3O2/c1-14-12-17(18(22)19-13-16-6-5-11-23-16)15(2)21(14)10-9-20-7-3-4-8-20/h12,16H,3-11,13H2,1-2H3,(H,19,22). The Morgan fingerprint density at radius 2 is 2.04 bits per heavy atom. The number of hydrogen-bond donors (Lipinski definition) is 1. The number of carbonyl (C=O) groups is 1. The molecule has 2 aliphatic rings. The van der Waals surface area contributed by atoms with Gasteiger partial charge in [0.1, 0.15) is 0 Å². The van der Waals surface area contributed by atoms with Gasteiger partial charge in [-0.25, -0.2) is 0 Å². The summed E-state index contributed by atoms with van der Waals surface area (Å²) in [4.78, 5) is 15.0. The van der Waals surface area contributed by atoms with Gasteiger partial charge in [0, 0.05) is 37.6 Å². The van der Waals surface area contributed by atoms with E-state index in [1.807, 2.05) is 6.07 Å². The minimum absolute atomic E-state index is 0.0287. The third kappa shape index (κ3) is 3.96. The molecule has 3 heterocycles. The maximum absolute atomic E-state index is 12.5. The van der Waals surface area contributed by atoms with Gasteiger partial charge < -0.3 is 19.5 Å². The van der Waals surface area contributed by atoms with Gasteiger partial charge in [0.2, 0.25) is 0 Å². The van der Waals surface area contributed by atoms with Crippen molar-refractivity contribution >= 4 is 5.91 Å². The van der Waals surface area contributed by atoms with Gasteiger partial charge in [-0.15, -0.1) is 0 Å². The number of likely N-dealkylation sites (tertiary alicyclic amines) is 1. The van der Waals surface area contributed by atoms with Crippen LogP contribution in [0.3, 0.4) is 0 Å². The SMILES string of the molecule is Cc1cc(C(=O)NCC2CCCO2)c(C)n1CCN1CCCC1. The van der Waals surface area contributed by atoms with Crippen LogP contribution in [-0.2, 0) is 11.3 Å². The van der Waals surface area contributed by atoms with Crippen molar-refractivity contribution in [1.29, 1.82) is 0 Å². The van der Waals surface area contributed by atoms with Crippen LogP contribution in [0, 0.1) is 13.8 Å². The number of hydrogen-bond acceptors (Lipinski definition) is 3. The van der Waals surface area contributed by atoms with E-state index in [-0.39, 0.29) is 12.0 Å². The fourth-order valence-corrected chi connectivity index (χ4v) is 3.73. The first kappa shape index (κ1) is 16.5. The molecule has 1 unspecified atom stereocenters. The van der Waals surface area contributed by atoms with Gasteiger partial charge in [-0.2, -0.15) is 0 Å². The van der Waals surface area contributed by atoms with Crippen molar-refractivity contribution in [3.05, 3.63) is 23.0 Å². The number of nitrogens with zero attached hydrogens (tertiary/aromatic N) is 2. The number of carbonyl (C=O) groups excluding carboxylic acids is 1. The highest BCUT2D eigenvalue weighted by atomic mass is 16.5. The van der Waals surface area contributed by atoms with Crippen molar-refractivity contribution in [3.8, 4) is 0 Å². The fourth-order valence-electron chi connectivity index (χ4n) is 3.73. The summed E-state index contributed by atoms with van der Waals surface area (Å²) in [7, 11) is 0. The largest absolute Gasteiger partial charge is 0.376 e. The molecule has 0 aromatic carbocycles. The van der Waals surface area contributed by atoms with Crippen molar-refractivity contribution in [2.24, 2.45) is 0 Å². The lowest BCUT2D eigenvalue weighted by Gasteiger charge is -2.17. The summed E-state index contributed by atoms with van der Waals surface area (Å²) in [5.74, 6) is 0.0287. The first-order valence-electron chi connectivity index (χ1n) is 8.94. The van der Waals surface area contributed by atoms with Gasteiger partial charge in [0.05, 0.1) is 11.7 Å². The lowest BCUT2D eigenvalue weighted by molar-refractivity contribution is 0.0857. The Kier molecular flexibility index (Phi) is 5.38. The second kappa shape index (κ2) is 7.49. The third-order valence-electron chi connectivity index (χ3n) is 5.17. The zero-order chi connectivity index (χ0) is 16.2. The molecule has 1 N–H and O–H groups in total. The maximum Gasteiger partial charge on any atom is 0.253 e. The topological polar surface area (TPSA) is 46.5 Å². The normalized spacial score (nSPS) is 21.9. The molecule has 0 spiro atoms. The molecule has 0 radical (unpaired) electrons. The van der Waals surface area contributed by atoms with Crippen LogP contribution in [-0.4, -0.2) is 54.3 Å². The molecular weight excluding hydrogens is 290 g/mol. The van der Waals surface area contributed by atoms with E-state index >= 15 is 0 Å². The quantitative estimate of drug-likeness (QED) is 0.873. The number of aryl methyl sites for hydroxylation is 1. The molecular formula is C18H29N3O2. The molecule has 23 heavy (non-hydrogen) atoms. The van der Waals surface area contributed by atoms with Gasteiger partial charge >= 0.3 is 0 Å². The fraction of sp³-hybridized carbons (Fsp3) is 0.722. The molecule has 3 rings (SSSR count). The minimum Gasteiger partial charge on any atom is -0.376 e. The number of rotatable bonds is 6. The Morgan fingerprint density at radius 1 is 1.26 bits per heavy atom. The van der Waals surface area contributed by atoms with E-state index in [2.05, 4.69) is 28.6 Å². The molecule has 2 aliphatic heterocycles. The van der Waals surface area contributed by atoms with E-state index in [1.54, 1.807) is 0 Å². The van der Waals surface area contributed by atoms with Crippen molar-refractivity contribution < 1.29 is 9.53 Å². The van der Waals surface area contributed by atoms with Crippen LogP contribution in [0.5, 0.6) is 0 Å². The molecule has 1 atom stereocenters. The number of aromatic nitrogens is 1. The van der Waals surface area contributed by atoms with Crippen LogP contribution in [0.1, 0.15) is 47.4 Å². The predicted molar refractivity (Wildman–Crippen MR) is 90.9 cm³/mol. The third-order valence-corrected chi connectivity index (χ3v) is 5.17. The Balaban J connectivity index is 1.58. The predicted octanol–water partition coefficient (Wildman–Crippen LogP) is 2.11. The van der Waals surface area contributed by atoms with Gasteiger partial charge in [0.15, 0.2) is 0 Å². The van der Waals surface area contributed by atoms with Gasteiger partial charge in [-0.05, 0) is 58.7 Å². The highest BCUT2D eigenvalue weighted by Gasteiger charge is 2.20. The molecule has 1 aromatic heterocycles. The van der Waals surface area contributed by atoms with Crippen LogP contribution in [0.4, 0.5) is 0 Å². The summed E-state index contributed by atoms with van der Waals surface area (Å²) in [6.45, 7) is 10.1. The van der Waals surface area contributed by atoms with Gasteiger partial charge in [-0.3, -0.25) is 4.79 Å². The highest BCUT2D eigenvalue weighted by Crippen LogP contribution is 2.17. The van der Waals surface area contributed by atoms with Gasteiger partial charge in [-0.1, -0.05) is 0 Å². The first-order chi connectivity index (χ1) is 11.1. The van der Waals surface area contributed by atoms with Crippen molar-refractivity contribution in [2.45, 2.75) is 52.2 Å². The summed E-state index contributed by atoms with van der Waals surface area (Å²) in [5, 5.41) is 3.03. The van der Waals surface area contributed by atoms with Crippen LogP contribution >= 0.6 is 0 Å².